The molecule has 0 radical (unpaired) electrons. The van der Waals surface area contributed by atoms with Gasteiger partial charge in [0.25, 0.3) is 0 Å². The largest absolute Gasteiger partial charge is 0.344 e. The molecule has 84 valence electrons. The Kier molecular flexibility index (Phi) is 3.27. The van der Waals surface area contributed by atoms with Crippen molar-refractivity contribution in [2.45, 2.75) is 19.4 Å². The molecule has 1 atom stereocenters. The van der Waals surface area contributed by atoms with Gasteiger partial charge in [0.1, 0.15) is 5.82 Å². The van der Waals surface area contributed by atoms with Crippen LogP contribution in [0.4, 0.5) is 0 Å². The van der Waals surface area contributed by atoms with Gasteiger partial charge < -0.3 is 10.7 Å². The van der Waals surface area contributed by atoms with Crippen molar-refractivity contribution in [3.63, 3.8) is 0 Å². The maximum Gasteiger partial charge on any atom is 0.110 e. The van der Waals surface area contributed by atoms with Crippen LogP contribution in [0.3, 0.4) is 0 Å². The molecule has 3 nitrogen and oxygen atoms in total. The molecule has 0 aliphatic heterocycles. The molecule has 1 unspecified atom stereocenters. The summed E-state index contributed by atoms with van der Waals surface area (Å²) < 4.78 is 0. The number of rotatable bonds is 3. The van der Waals surface area contributed by atoms with Crippen molar-refractivity contribution >= 4 is 11.6 Å². The molecule has 4 heteroatoms. The number of hydrogen-bond donors (Lipinski definition) is 2. The second-order valence-corrected chi connectivity index (χ2v) is 4.31. The van der Waals surface area contributed by atoms with Gasteiger partial charge in [-0.15, -0.1) is 0 Å². The molecular formula is C12H14ClN3. The molecule has 0 fully saturated rings. The van der Waals surface area contributed by atoms with Crippen molar-refractivity contribution in [1.29, 1.82) is 0 Å². The molecule has 3 N–H and O–H groups in total. The highest BCUT2D eigenvalue weighted by Gasteiger charge is 2.05. The molecule has 0 aliphatic carbocycles. The van der Waals surface area contributed by atoms with Gasteiger partial charge >= 0.3 is 0 Å². The van der Waals surface area contributed by atoms with Gasteiger partial charge in [0.05, 0.1) is 5.69 Å². The van der Waals surface area contributed by atoms with Crippen LogP contribution in [-0.2, 0) is 6.42 Å². The molecule has 0 spiro atoms. The fourth-order valence-corrected chi connectivity index (χ4v) is 1.62. The number of aromatic nitrogens is 2. The van der Waals surface area contributed by atoms with E-state index >= 15 is 0 Å². The quantitative estimate of drug-likeness (QED) is 0.860. The second-order valence-electron chi connectivity index (χ2n) is 3.88. The highest BCUT2D eigenvalue weighted by Crippen LogP contribution is 2.13. The smallest absolute Gasteiger partial charge is 0.110 e. The molecule has 2 aromatic rings. The third-order valence-corrected chi connectivity index (χ3v) is 2.68. The van der Waals surface area contributed by atoms with E-state index in [0.717, 1.165) is 23.0 Å². The highest BCUT2D eigenvalue weighted by molar-refractivity contribution is 6.30. The second kappa shape index (κ2) is 4.68. The first kappa shape index (κ1) is 11.2. The van der Waals surface area contributed by atoms with Gasteiger partial charge in [-0.05, 0) is 24.6 Å². The van der Waals surface area contributed by atoms with Crippen molar-refractivity contribution in [3.8, 4) is 0 Å². The van der Waals surface area contributed by atoms with Crippen LogP contribution in [0.15, 0.2) is 30.5 Å². The SMILES string of the molecule is CC(N)c1cnc(Cc2ccc(Cl)cc2)[nH]1. The van der Waals surface area contributed by atoms with E-state index in [2.05, 4.69) is 9.97 Å². The zero-order chi connectivity index (χ0) is 11.5. The van der Waals surface area contributed by atoms with Crippen molar-refractivity contribution in [2.75, 3.05) is 0 Å². The van der Waals surface area contributed by atoms with Crippen LogP contribution in [0.1, 0.15) is 30.0 Å². The molecule has 0 saturated heterocycles. The third kappa shape index (κ3) is 2.62. The number of benzene rings is 1. The Morgan fingerprint density at radius 1 is 1.38 bits per heavy atom. The normalized spacial score (nSPS) is 12.7. The van der Waals surface area contributed by atoms with Gasteiger partial charge in [0, 0.05) is 23.7 Å². The topological polar surface area (TPSA) is 54.7 Å². The van der Waals surface area contributed by atoms with Crippen LogP contribution in [-0.4, -0.2) is 9.97 Å². The minimum atomic E-state index is -0.00790. The summed E-state index contributed by atoms with van der Waals surface area (Å²) in [4.78, 5) is 7.49. The van der Waals surface area contributed by atoms with E-state index < -0.39 is 0 Å². The molecule has 1 aromatic heterocycles. The van der Waals surface area contributed by atoms with Crippen LogP contribution in [0.2, 0.25) is 5.02 Å². The fraction of sp³-hybridized carbons (Fsp3) is 0.250. The number of hydrogen-bond acceptors (Lipinski definition) is 2. The van der Waals surface area contributed by atoms with E-state index in [9.17, 15) is 0 Å². The first-order valence-electron chi connectivity index (χ1n) is 5.19. The maximum atomic E-state index is 5.82. The van der Waals surface area contributed by atoms with E-state index in [1.54, 1.807) is 6.20 Å². The number of nitrogens with zero attached hydrogens (tertiary/aromatic N) is 1. The van der Waals surface area contributed by atoms with Gasteiger partial charge in [0.2, 0.25) is 0 Å². The minimum Gasteiger partial charge on any atom is -0.344 e. The van der Waals surface area contributed by atoms with E-state index in [-0.39, 0.29) is 6.04 Å². The predicted octanol–water partition coefficient (Wildman–Crippen LogP) is 2.67. The van der Waals surface area contributed by atoms with Gasteiger partial charge in [0.15, 0.2) is 0 Å². The summed E-state index contributed by atoms with van der Waals surface area (Å²) in [6.07, 6.45) is 2.56. The lowest BCUT2D eigenvalue weighted by atomic mass is 10.1. The molecule has 0 aliphatic rings. The summed E-state index contributed by atoms with van der Waals surface area (Å²) in [6, 6.07) is 7.75. The van der Waals surface area contributed by atoms with Crippen molar-refractivity contribution in [1.82, 2.24) is 9.97 Å². The summed E-state index contributed by atoms with van der Waals surface area (Å²) >= 11 is 5.82. The Balaban J connectivity index is 2.11. The van der Waals surface area contributed by atoms with Gasteiger partial charge in [-0.2, -0.15) is 0 Å². The third-order valence-electron chi connectivity index (χ3n) is 2.42. The lowest BCUT2D eigenvalue weighted by molar-refractivity contribution is 0.784. The van der Waals surface area contributed by atoms with E-state index in [1.165, 1.54) is 5.56 Å². The first-order valence-corrected chi connectivity index (χ1v) is 5.57. The average molecular weight is 236 g/mol. The zero-order valence-corrected chi connectivity index (χ0v) is 9.83. The molecule has 0 amide bonds. The van der Waals surface area contributed by atoms with E-state index in [1.807, 2.05) is 31.2 Å². The van der Waals surface area contributed by atoms with Gasteiger partial charge in [-0.25, -0.2) is 4.98 Å². The van der Waals surface area contributed by atoms with Crippen molar-refractivity contribution < 1.29 is 0 Å². The number of halogens is 1. The molecule has 1 heterocycles. The van der Waals surface area contributed by atoms with Crippen LogP contribution in [0.5, 0.6) is 0 Å². The lowest BCUT2D eigenvalue weighted by Crippen LogP contribution is -2.05. The molecular weight excluding hydrogens is 222 g/mol. The summed E-state index contributed by atoms with van der Waals surface area (Å²) in [5, 5.41) is 0.750. The van der Waals surface area contributed by atoms with Crippen LogP contribution in [0.25, 0.3) is 0 Å². The molecule has 16 heavy (non-hydrogen) atoms. The first-order chi connectivity index (χ1) is 7.65. The minimum absolute atomic E-state index is 0.00790. The molecule has 0 bridgehead atoms. The van der Waals surface area contributed by atoms with Crippen molar-refractivity contribution in [3.05, 3.63) is 52.6 Å². The predicted molar refractivity (Wildman–Crippen MR) is 65.4 cm³/mol. The average Bonchev–Trinajstić information content (AvgIpc) is 2.70. The van der Waals surface area contributed by atoms with Crippen LogP contribution >= 0.6 is 11.6 Å². The summed E-state index contributed by atoms with van der Waals surface area (Å²) in [5.74, 6) is 0.926. The number of H-pyrrole nitrogens is 1. The van der Waals surface area contributed by atoms with Crippen LogP contribution in [0, 0.1) is 0 Å². The maximum absolute atomic E-state index is 5.82. The summed E-state index contributed by atoms with van der Waals surface area (Å²) in [7, 11) is 0. The van der Waals surface area contributed by atoms with Crippen LogP contribution < -0.4 is 5.73 Å². The van der Waals surface area contributed by atoms with Crippen molar-refractivity contribution in [2.24, 2.45) is 5.73 Å². The zero-order valence-electron chi connectivity index (χ0n) is 9.07. The molecule has 1 aromatic carbocycles. The monoisotopic (exact) mass is 235 g/mol. The Bertz CT molecular complexity index is 459. The highest BCUT2D eigenvalue weighted by atomic mass is 35.5. The molecule has 2 rings (SSSR count). The van der Waals surface area contributed by atoms with E-state index in [4.69, 9.17) is 17.3 Å². The standard InChI is InChI=1S/C12H14ClN3/c1-8(14)11-7-15-12(16-11)6-9-2-4-10(13)5-3-9/h2-5,7-8H,6,14H2,1H3,(H,15,16). The number of nitrogens with one attached hydrogen (secondary N) is 1. The fourth-order valence-electron chi connectivity index (χ4n) is 1.50. The Hall–Kier alpha value is -1.32. The number of imidazole rings is 1. The Labute approximate surface area is 99.7 Å². The van der Waals surface area contributed by atoms with Gasteiger partial charge in [-0.1, -0.05) is 23.7 Å². The van der Waals surface area contributed by atoms with E-state index in [0.29, 0.717) is 0 Å². The Morgan fingerprint density at radius 2 is 2.06 bits per heavy atom. The Morgan fingerprint density at radius 3 is 2.62 bits per heavy atom. The molecule has 0 saturated carbocycles. The lowest BCUT2D eigenvalue weighted by Gasteiger charge is -2.00. The van der Waals surface area contributed by atoms with Gasteiger partial charge in [-0.3, -0.25) is 0 Å². The summed E-state index contributed by atoms with van der Waals surface area (Å²) in [5.41, 5.74) is 7.89. The number of aromatic amines is 1. The number of nitrogens with two attached hydrogens (primary N) is 1. The summed E-state index contributed by atoms with van der Waals surface area (Å²) in [6.45, 7) is 1.93.